The molecule has 0 aromatic carbocycles. The first-order valence-corrected chi connectivity index (χ1v) is 5.22. The Labute approximate surface area is 69.8 Å². The van der Waals surface area contributed by atoms with Crippen molar-refractivity contribution in [3.8, 4) is 0 Å². The Kier molecular flexibility index (Phi) is 2.17. The van der Waals surface area contributed by atoms with Crippen molar-refractivity contribution in [3.63, 3.8) is 0 Å². The Morgan fingerprint density at radius 2 is 1.82 bits per heavy atom. The van der Waals surface area contributed by atoms with Gasteiger partial charge in [0.1, 0.15) is 0 Å². The molecule has 2 fully saturated rings. The third-order valence-corrected chi connectivity index (χ3v) is 3.63. The lowest BCUT2D eigenvalue weighted by Gasteiger charge is -2.39. The van der Waals surface area contributed by atoms with Gasteiger partial charge in [-0.3, -0.25) is 0 Å². The summed E-state index contributed by atoms with van der Waals surface area (Å²) in [5, 5.41) is 0. The second-order valence-electron chi connectivity index (χ2n) is 4.38. The topological polar surface area (TPSA) is 4.44 Å². The van der Waals surface area contributed by atoms with E-state index in [0.29, 0.717) is 0 Å². The molecule has 0 bridgehead atoms. The minimum atomic E-state index is 1.01. The van der Waals surface area contributed by atoms with Crippen molar-refractivity contribution < 1.29 is 4.90 Å². The van der Waals surface area contributed by atoms with Crippen molar-refractivity contribution >= 4 is 0 Å². The highest BCUT2D eigenvalue weighted by Gasteiger charge is 2.33. The predicted molar refractivity (Wildman–Crippen MR) is 46.7 cm³/mol. The van der Waals surface area contributed by atoms with Crippen molar-refractivity contribution in [1.82, 2.24) is 0 Å². The van der Waals surface area contributed by atoms with Crippen LogP contribution in [-0.2, 0) is 0 Å². The molecule has 64 valence electrons. The van der Waals surface area contributed by atoms with E-state index in [2.05, 4.69) is 6.92 Å². The summed E-state index contributed by atoms with van der Waals surface area (Å²) in [6.45, 7) is 5.39. The molecule has 2 rings (SSSR count). The number of nitrogens with one attached hydrogen (secondary N) is 1. The number of rotatable bonds is 0. The van der Waals surface area contributed by atoms with Crippen LogP contribution in [0.25, 0.3) is 0 Å². The molecule has 0 aliphatic carbocycles. The van der Waals surface area contributed by atoms with E-state index in [1.165, 1.54) is 45.2 Å². The smallest absolute Gasteiger partial charge is 0.0900 e. The molecule has 2 heterocycles. The van der Waals surface area contributed by atoms with Crippen LogP contribution in [0, 0.1) is 5.92 Å². The molecule has 3 atom stereocenters. The molecule has 1 N–H and O–H groups in total. The van der Waals surface area contributed by atoms with Crippen molar-refractivity contribution in [2.24, 2.45) is 5.92 Å². The van der Waals surface area contributed by atoms with Crippen molar-refractivity contribution in [2.45, 2.75) is 45.1 Å². The van der Waals surface area contributed by atoms with Gasteiger partial charge in [0, 0.05) is 5.92 Å². The molecule has 2 aliphatic rings. The molecule has 2 saturated heterocycles. The van der Waals surface area contributed by atoms with Gasteiger partial charge in [0.25, 0.3) is 0 Å². The molecule has 1 heteroatoms. The van der Waals surface area contributed by atoms with Gasteiger partial charge >= 0.3 is 0 Å². The largest absolute Gasteiger partial charge is 0.332 e. The number of hydrogen-bond acceptors (Lipinski definition) is 0. The maximum Gasteiger partial charge on any atom is 0.0900 e. The highest BCUT2D eigenvalue weighted by molar-refractivity contribution is 4.71. The molecule has 0 aromatic heterocycles. The van der Waals surface area contributed by atoms with Crippen molar-refractivity contribution in [3.05, 3.63) is 0 Å². The lowest BCUT2D eigenvalue weighted by Crippen LogP contribution is -3.18. The Morgan fingerprint density at radius 3 is 2.64 bits per heavy atom. The molecule has 0 radical (unpaired) electrons. The van der Waals surface area contributed by atoms with Crippen LogP contribution >= 0.6 is 0 Å². The standard InChI is InChI=1S/C10H19N/c1-9-5-4-8-11-7-3-2-6-10(9)11/h9-10H,2-8H2,1H3/p+1. The monoisotopic (exact) mass is 154 g/mol. The van der Waals surface area contributed by atoms with Crippen LogP contribution in [0.5, 0.6) is 0 Å². The zero-order valence-corrected chi connectivity index (χ0v) is 7.60. The SMILES string of the molecule is CC1CCC[NH+]2CCCCC12. The fourth-order valence-corrected chi connectivity index (χ4v) is 2.96. The van der Waals surface area contributed by atoms with Gasteiger partial charge in [0.2, 0.25) is 0 Å². The fraction of sp³-hybridized carbons (Fsp3) is 1.00. The Bertz CT molecular complexity index is 131. The maximum absolute atomic E-state index is 2.45. The number of hydrogen-bond donors (Lipinski definition) is 1. The Balaban J connectivity index is 1.99. The molecule has 0 saturated carbocycles. The van der Waals surface area contributed by atoms with E-state index >= 15 is 0 Å². The summed E-state index contributed by atoms with van der Waals surface area (Å²) >= 11 is 0. The first-order valence-electron chi connectivity index (χ1n) is 5.22. The quantitative estimate of drug-likeness (QED) is 0.528. The summed E-state index contributed by atoms with van der Waals surface area (Å²) < 4.78 is 0. The van der Waals surface area contributed by atoms with E-state index in [1.807, 2.05) is 4.90 Å². The third kappa shape index (κ3) is 1.44. The molecule has 3 unspecified atom stereocenters. The summed E-state index contributed by atoms with van der Waals surface area (Å²) in [5.74, 6) is 1.01. The molecule has 1 nitrogen and oxygen atoms in total. The van der Waals surface area contributed by atoms with Crippen LogP contribution in [0.4, 0.5) is 0 Å². The van der Waals surface area contributed by atoms with Crippen LogP contribution in [0.1, 0.15) is 39.0 Å². The first kappa shape index (κ1) is 7.60. The first-order chi connectivity index (χ1) is 5.38. The minimum absolute atomic E-state index is 1.01. The normalized spacial score (nSPS) is 45.0. The molecular weight excluding hydrogens is 134 g/mol. The summed E-state index contributed by atoms with van der Waals surface area (Å²) in [7, 11) is 0. The highest BCUT2D eigenvalue weighted by Crippen LogP contribution is 2.18. The molecule has 0 amide bonds. The van der Waals surface area contributed by atoms with Crippen LogP contribution in [0.3, 0.4) is 0 Å². The number of quaternary nitrogens is 1. The van der Waals surface area contributed by atoms with Gasteiger partial charge in [0.05, 0.1) is 19.1 Å². The average molecular weight is 154 g/mol. The van der Waals surface area contributed by atoms with E-state index in [9.17, 15) is 0 Å². The van der Waals surface area contributed by atoms with E-state index in [4.69, 9.17) is 0 Å². The van der Waals surface area contributed by atoms with Crippen LogP contribution in [-0.4, -0.2) is 19.1 Å². The maximum atomic E-state index is 2.45. The van der Waals surface area contributed by atoms with Gasteiger partial charge in [-0.25, -0.2) is 0 Å². The third-order valence-electron chi connectivity index (χ3n) is 3.63. The van der Waals surface area contributed by atoms with E-state index in [0.717, 1.165) is 12.0 Å². The lowest BCUT2D eigenvalue weighted by atomic mass is 9.85. The fourth-order valence-electron chi connectivity index (χ4n) is 2.96. The Hall–Kier alpha value is -0.0400. The second kappa shape index (κ2) is 3.14. The van der Waals surface area contributed by atoms with Crippen molar-refractivity contribution in [2.75, 3.05) is 13.1 Å². The van der Waals surface area contributed by atoms with Gasteiger partial charge in [-0.1, -0.05) is 6.92 Å². The van der Waals surface area contributed by atoms with E-state index in [-0.39, 0.29) is 0 Å². The zero-order chi connectivity index (χ0) is 7.68. The van der Waals surface area contributed by atoms with Gasteiger partial charge in [-0.05, 0) is 32.1 Å². The second-order valence-corrected chi connectivity index (χ2v) is 4.38. The molecule has 0 aromatic rings. The number of fused-ring (bicyclic) bond motifs is 1. The average Bonchev–Trinajstić information content (AvgIpc) is 2.06. The van der Waals surface area contributed by atoms with Crippen molar-refractivity contribution in [1.29, 1.82) is 0 Å². The summed E-state index contributed by atoms with van der Waals surface area (Å²) in [6, 6.07) is 1.04. The summed E-state index contributed by atoms with van der Waals surface area (Å²) in [6.07, 6.45) is 7.47. The van der Waals surface area contributed by atoms with Gasteiger partial charge in [-0.2, -0.15) is 0 Å². The zero-order valence-electron chi connectivity index (χ0n) is 7.60. The van der Waals surface area contributed by atoms with E-state index in [1.54, 1.807) is 0 Å². The minimum Gasteiger partial charge on any atom is -0.332 e. The molecule has 2 aliphatic heterocycles. The predicted octanol–water partition coefficient (Wildman–Crippen LogP) is 0.854. The van der Waals surface area contributed by atoms with Crippen LogP contribution < -0.4 is 4.90 Å². The van der Waals surface area contributed by atoms with Crippen LogP contribution in [0.2, 0.25) is 0 Å². The molecule has 11 heavy (non-hydrogen) atoms. The van der Waals surface area contributed by atoms with Crippen LogP contribution in [0.15, 0.2) is 0 Å². The van der Waals surface area contributed by atoms with Gasteiger partial charge in [-0.15, -0.1) is 0 Å². The van der Waals surface area contributed by atoms with Gasteiger partial charge in [0.15, 0.2) is 0 Å². The number of piperidine rings is 2. The highest BCUT2D eigenvalue weighted by atomic mass is 15.2. The summed E-state index contributed by atoms with van der Waals surface area (Å²) in [4.78, 5) is 1.93. The van der Waals surface area contributed by atoms with E-state index < -0.39 is 0 Å². The molecule has 0 spiro atoms. The Morgan fingerprint density at radius 1 is 1.00 bits per heavy atom. The van der Waals surface area contributed by atoms with Gasteiger partial charge < -0.3 is 4.90 Å². The molecular formula is C10H20N+. The summed E-state index contributed by atoms with van der Waals surface area (Å²) in [5.41, 5.74) is 0. The lowest BCUT2D eigenvalue weighted by molar-refractivity contribution is -0.939.